The minimum absolute atomic E-state index is 0.0525. The second-order valence-electron chi connectivity index (χ2n) is 6.48. The molecule has 0 aromatic carbocycles. The average molecular weight is 474 g/mol. The number of imidazole rings is 1. The number of hydrogen-bond acceptors (Lipinski definition) is 5. The molecule has 1 unspecified atom stereocenters. The summed E-state index contributed by atoms with van der Waals surface area (Å²) >= 11 is -1.61. The Labute approximate surface area is 178 Å². The smallest absolute Gasteiger partial charge is 0.435 e. The zero-order valence-corrected chi connectivity index (χ0v) is 16.8. The number of rotatable bonds is 4. The predicted octanol–water partition coefficient (Wildman–Crippen LogP) is 4.14. The third-order valence-electron chi connectivity index (χ3n) is 4.37. The van der Waals surface area contributed by atoms with Crippen molar-refractivity contribution in [3.8, 4) is 17.1 Å². The molecule has 0 aliphatic rings. The first-order valence-electron chi connectivity index (χ1n) is 8.91. The maximum atomic E-state index is 12.9. The molecule has 168 valence electrons. The second-order valence-corrected chi connectivity index (χ2v) is 8.19. The van der Waals surface area contributed by atoms with E-state index in [4.69, 9.17) is 0 Å². The average Bonchev–Trinajstić information content (AvgIpc) is 3.38. The van der Waals surface area contributed by atoms with Crippen LogP contribution in [0.15, 0.2) is 48.0 Å². The van der Waals surface area contributed by atoms with Crippen LogP contribution in [-0.4, -0.2) is 39.4 Å². The highest BCUT2D eigenvalue weighted by atomic mass is 32.2. The maximum Gasteiger partial charge on any atom is 0.435 e. The lowest BCUT2D eigenvalue weighted by atomic mass is 10.3. The zero-order valence-electron chi connectivity index (χ0n) is 16.0. The summed E-state index contributed by atoms with van der Waals surface area (Å²) < 4.78 is 92.1. The Bertz CT molecular complexity index is 1280. The molecule has 0 N–H and O–H groups in total. The number of aromatic nitrogens is 6. The van der Waals surface area contributed by atoms with E-state index in [0.29, 0.717) is 0 Å². The summed E-state index contributed by atoms with van der Waals surface area (Å²) in [6.45, 7) is 1.63. The first-order valence-corrected chi connectivity index (χ1v) is 10.2. The minimum Gasteiger partial charge on any atom is -0.611 e. The van der Waals surface area contributed by atoms with Crippen LogP contribution < -0.4 is 0 Å². The molecule has 0 saturated carbocycles. The molecule has 0 bridgehead atoms. The minimum atomic E-state index is -4.65. The number of fused-ring (bicyclic) bond motifs is 1. The van der Waals surface area contributed by atoms with Crippen LogP contribution in [0.25, 0.3) is 22.7 Å². The molecular weight excluding hydrogens is 462 g/mol. The maximum absolute atomic E-state index is 12.9. The highest BCUT2D eigenvalue weighted by Crippen LogP contribution is 2.31. The highest BCUT2D eigenvalue weighted by molar-refractivity contribution is 7.91. The molecule has 4 aromatic heterocycles. The lowest BCUT2D eigenvalue weighted by Gasteiger charge is -2.12. The summed E-state index contributed by atoms with van der Waals surface area (Å²) in [4.78, 5) is 11.8. The van der Waals surface area contributed by atoms with Gasteiger partial charge in [0.25, 0.3) is 0 Å². The number of nitrogens with zero attached hydrogens (tertiary/aromatic N) is 6. The standard InChI is InChI=1S/C18H12F6N6OS/c1-2-32(31)12-5-10(30-4-3-13(28-30)17(19,20)21)7-25-16(12)11-8-29-9-26-14(18(22,23)24)6-15(29)27-11/h3-9H,2H2,1H3. The molecule has 7 nitrogen and oxygen atoms in total. The SMILES string of the molecule is CC[S+]([O-])c1cc(-n2ccc(C(F)(F)F)n2)cnc1-c1cn2cnc(C(F)(F)F)cc2n1. The fraction of sp³-hybridized carbons (Fsp3) is 0.222. The topological polar surface area (TPSA) is 84.0 Å². The monoisotopic (exact) mass is 474 g/mol. The summed E-state index contributed by atoms with van der Waals surface area (Å²) in [7, 11) is 0. The second kappa shape index (κ2) is 7.78. The van der Waals surface area contributed by atoms with E-state index in [1.807, 2.05) is 0 Å². The quantitative estimate of drug-likeness (QED) is 0.328. The van der Waals surface area contributed by atoms with Gasteiger partial charge in [0.1, 0.15) is 34.8 Å². The van der Waals surface area contributed by atoms with Crippen LogP contribution in [0.3, 0.4) is 0 Å². The van der Waals surface area contributed by atoms with Crippen molar-refractivity contribution in [3.63, 3.8) is 0 Å². The molecule has 0 radical (unpaired) electrons. The number of alkyl halides is 6. The van der Waals surface area contributed by atoms with Gasteiger partial charge in [-0.1, -0.05) is 0 Å². The molecule has 0 saturated heterocycles. The van der Waals surface area contributed by atoms with Crippen LogP contribution in [0, 0.1) is 0 Å². The molecule has 0 aliphatic carbocycles. The molecule has 4 heterocycles. The van der Waals surface area contributed by atoms with Crippen LogP contribution in [0.5, 0.6) is 0 Å². The fourth-order valence-corrected chi connectivity index (χ4v) is 3.80. The molecule has 0 amide bonds. The first-order chi connectivity index (χ1) is 15.0. The van der Waals surface area contributed by atoms with E-state index in [9.17, 15) is 30.9 Å². The molecule has 4 rings (SSSR count). The van der Waals surface area contributed by atoms with Crippen LogP contribution in [0.2, 0.25) is 0 Å². The Hall–Kier alpha value is -3.13. The lowest BCUT2D eigenvalue weighted by molar-refractivity contribution is -0.142. The van der Waals surface area contributed by atoms with Gasteiger partial charge in [0, 0.05) is 24.5 Å². The van der Waals surface area contributed by atoms with Crippen LogP contribution in [0.1, 0.15) is 18.3 Å². The fourth-order valence-electron chi connectivity index (χ4n) is 2.86. The number of halogens is 6. The molecule has 1 atom stereocenters. The van der Waals surface area contributed by atoms with Gasteiger partial charge in [-0.15, -0.1) is 0 Å². The Morgan fingerprint density at radius 2 is 1.75 bits per heavy atom. The predicted molar refractivity (Wildman–Crippen MR) is 100 cm³/mol. The highest BCUT2D eigenvalue weighted by Gasteiger charge is 2.34. The number of hydrogen-bond donors (Lipinski definition) is 0. The molecule has 0 aliphatic heterocycles. The van der Waals surface area contributed by atoms with Crippen LogP contribution in [-0.2, 0) is 23.5 Å². The van der Waals surface area contributed by atoms with Crippen molar-refractivity contribution in [2.24, 2.45) is 0 Å². The summed E-state index contributed by atoms with van der Waals surface area (Å²) in [6.07, 6.45) is -4.66. The van der Waals surface area contributed by atoms with Gasteiger partial charge in [-0.25, -0.2) is 19.6 Å². The van der Waals surface area contributed by atoms with E-state index in [1.165, 1.54) is 22.9 Å². The van der Waals surface area contributed by atoms with Gasteiger partial charge in [0.05, 0.1) is 11.9 Å². The third kappa shape index (κ3) is 4.14. The van der Waals surface area contributed by atoms with Crippen molar-refractivity contribution in [3.05, 3.63) is 54.5 Å². The van der Waals surface area contributed by atoms with Gasteiger partial charge < -0.3 is 4.55 Å². The van der Waals surface area contributed by atoms with Gasteiger partial charge in [0.2, 0.25) is 0 Å². The van der Waals surface area contributed by atoms with Crippen LogP contribution in [0.4, 0.5) is 26.3 Å². The molecular formula is C18H12F6N6OS. The molecule has 0 fully saturated rings. The van der Waals surface area contributed by atoms with Gasteiger partial charge in [-0.2, -0.15) is 31.4 Å². The largest absolute Gasteiger partial charge is 0.611 e. The Morgan fingerprint density at radius 1 is 1.03 bits per heavy atom. The first kappa shape index (κ1) is 22.1. The van der Waals surface area contributed by atoms with Gasteiger partial charge in [-0.05, 0) is 24.2 Å². The molecule has 14 heteroatoms. The van der Waals surface area contributed by atoms with E-state index < -0.39 is 34.9 Å². The Kier molecular flexibility index (Phi) is 5.36. The van der Waals surface area contributed by atoms with Crippen molar-refractivity contribution >= 4 is 16.8 Å². The summed E-state index contributed by atoms with van der Waals surface area (Å²) in [5.74, 6) is 0.165. The summed E-state index contributed by atoms with van der Waals surface area (Å²) in [5, 5.41) is 3.47. The zero-order chi connectivity index (χ0) is 23.3. The summed E-state index contributed by atoms with van der Waals surface area (Å²) in [5.41, 5.74) is -1.90. The van der Waals surface area contributed by atoms with E-state index in [-0.39, 0.29) is 33.4 Å². The van der Waals surface area contributed by atoms with Crippen molar-refractivity contribution in [1.82, 2.24) is 29.1 Å². The van der Waals surface area contributed by atoms with E-state index in [0.717, 1.165) is 29.3 Å². The lowest BCUT2D eigenvalue weighted by Crippen LogP contribution is -2.10. The van der Waals surface area contributed by atoms with E-state index in [1.54, 1.807) is 6.92 Å². The van der Waals surface area contributed by atoms with Crippen LogP contribution >= 0.6 is 0 Å². The van der Waals surface area contributed by atoms with Crippen molar-refractivity contribution in [2.75, 3.05) is 5.75 Å². The van der Waals surface area contributed by atoms with Crippen molar-refractivity contribution in [1.29, 1.82) is 0 Å². The Morgan fingerprint density at radius 3 is 2.38 bits per heavy atom. The molecule has 0 spiro atoms. The van der Waals surface area contributed by atoms with Gasteiger partial charge >= 0.3 is 12.4 Å². The molecule has 4 aromatic rings. The van der Waals surface area contributed by atoms with Crippen molar-refractivity contribution in [2.45, 2.75) is 24.2 Å². The third-order valence-corrected chi connectivity index (χ3v) is 5.70. The van der Waals surface area contributed by atoms with Gasteiger partial charge in [0.15, 0.2) is 10.6 Å². The molecule has 32 heavy (non-hydrogen) atoms. The van der Waals surface area contributed by atoms with E-state index in [2.05, 4.69) is 20.1 Å². The van der Waals surface area contributed by atoms with Crippen molar-refractivity contribution < 1.29 is 30.9 Å². The van der Waals surface area contributed by atoms with Gasteiger partial charge in [-0.3, -0.25) is 4.40 Å². The Balaban J connectivity index is 1.79. The van der Waals surface area contributed by atoms with E-state index >= 15 is 0 Å². The number of pyridine rings is 1. The summed E-state index contributed by atoms with van der Waals surface area (Å²) in [6, 6.07) is 2.91. The normalized spacial score (nSPS) is 13.6.